The maximum absolute atomic E-state index is 13.8. The van der Waals surface area contributed by atoms with Crippen molar-refractivity contribution in [1.29, 1.82) is 0 Å². The van der Waals surface area contributed by atoms with Gasteiger partial charge in [-0.1, -0.05) is 0 Å². The summed E-state index contributed by atoms with van der Waals surface area (Å²) in [6, 6.07) is 2.98. The highest BCUT2D eigenvalue weighted by atomic mass is 19.3. The van der Waals surface area contributed by atoms with Crippen LogP contribution in [0.3, 0.4) is 0 Å². The summed E-state index contributed by atoms with van der Waals surface area (Å²) in [5.41, 5.74) is 0.00938. The van der Waals surface area contributed by atoms with Crippen molar-refractivity contribution >= 4 is 0 Å². The van der Waals surface area contributed by atoms with E-state index in [9.17, 15) is 8.78 Å². The number of pyridine rings is 1. The molecule has 2 rings (SSSR count). The molecule has 1 N–H and O–H groups in total. The van der Waals surface area contributed by atoms with Crippen molar-refractivity contribution in [2.75, 3.05) is 32.7 Å². The molecule has 1 aromatic rings. The Bertz CT molecular complexity index is 337. The number of nitrogens with one attached hydrogen (secondary N) is 1. The van der Waals surface area contributed by atoms with E-state index in [2.05, 4.69) is 15.2 Å². The van der Waals surface area contributed by atoms with Crippen molar-refractivity contribution in [3.05, 3.63) is 30.1 Å². The molecule has 0 amide bonds. The van der Waals surface area contributed by atoms with Crippen LogP contribution in [0.15, 0.2) is 24.5 Å². The normalized spacial score (nSPS) is 18.2. The average molecular weight is 241 g/mol. The van der Waals surface area contributed by atoms with E-state index in [1.165, 1.54) is 18.5 Å². The predicted octanol–water partition coefficient (Wildman–Crippen LogP) is 1.47. The molecular weight excluding hydrogens is 224 g/mol. The van der Waals surface area contributed by atoms with Crippen LogP contribution in [-0.4, -0.2) is 42.6 Å². The Balaban J connectivity index is 1.88. The molecule has 2 heterocycles. The highest BCUT2D eigenvalue weighted by Crippen LogP contribution is 2.31. The van der Waals surface area contributed by atoms with E-state index in [1.54, 1.807) is 6.07 Å². The zero-order valence-corrected chi connectivity index (χ0v) is 9.70. The molecule has 0 spiro atoms. The van der Waals surface area contributed by atoms with Crippen molar-refractivity contribution < 1.29 is 8.78 Å². The molecule has 0 atom stereocenters. The van der Waals surface area contributed by atoms with Crippen LogP contribution >= 0.6 is 0 Å². The van der Waals surface area contributed by atoms with E-state index in [0.29, 0.717) is 6.54 Å². The van der Waals surface area contributed by atoms with E-state index >= 15 is 0 Å². The molecule has 0 unspecified atom stereocenters. The van der Waals surface area contributed by atoms with Crippen LogP contribution in [-0.2, 0) is 5.92 Å². The van der Waals surface area contributed by atoms with Gasteiger partial charge in [0.1, 0.15) is 0 Å². The van der Waals surface area contributed by atoms with Gasteiger partial charge in [-0.25, -0.2) is 8.78 Å². The summed E-state index contributed by atoms with van der Waals surface area (Å²) in [7, 11) is 0. The topological polar surface area (TPSA) is 28.2 Å². The van der Waals surface area contributed by atoms with Gasteiger partial charge >= 0.3 is 0 Å². The maximum Gasteiger partial charge on any atom is 0.275 e. The molecule has 0 radical (unpaired) electrons. The standard InChI is InChI=1S/C12H17F2N3/c13-12(14,11-2-1-4-16-10-11)3-7-17-8-5-15-6-9-17/h1-2,4,10,15H,3,5-9H2. The third-order valence-corrected chi connectivity index (χ3v) is 3.04. The number of aromatic nitrogens is 1. The first-order valence-corrected chi connectivity index (χ1v) is 5.90. The van der Waals surface area contributed by atoms with Gasteiger partial charge in [0.05, 0.1) is 0 Å². The lowest BCUT2D eigenvalue weighted by Gasteiger charge is -2.28. The van der Waals surface area contributed by atoms with E-state index in [-0.39, 0.29) is 12.0 Å². The van der Waals surface area contributed by atoms with Gasteiger partial charge in [0.15, 0.2) is 0 Å². The van der Waals surface area contributed by atoms with E-state index in [1.807, 2.05) is 0 Å². The largest absolute Gasteiger partial charge is 0.314 e. The molecule has 1 aliphatic rings. The lowest BCUT2D eigenvalue weighted by Crippen LogP contribution is -2.44. The van der Waals surface area contributed by atoms with Crippen LogP contribution in [0, 0.1) is 0 Å². The summed E-state index contributed by atoms with van der Waals surface area (Å²) < 4.78 is 27.7. The zero-order valence-electron chi connectivity index (χ0n) is 9.70. The second kappa shape index (κ2) is 5.51. The average Bonchev–Trinajstić information content (AvgIpc) is 2.39. The Hall–Kier alpha value is -1.07. The molecule has 1 fully saturated rings. The molecule has 0 aromatic carbocycles. The number of piperazine rings is 1. The van der Waals surface area contributed by atoms with Gasteiger partial charge in [0, 0.05) is 57.1 Å². The van der Waals surface area contributed by atoms with Crippen molar-refractivity contribution in [1.82, 2.24) is 15.2 Å². The van der Waals surface area contributed by atoms with Crippen LogP contribution in [0.4, 0.5) is 8.78 Å². The molecule has 0 aliphatic carbocycles. The first kappa shape index (κ1) is 12.4. The molecule has 1 aromatic heterocycles. The summed E-state index contributed by atoms with van der Waals surface area (Å²) in [5.74, 6) is -2.78. The summed E-state index contributed by atoms with van der Waals surface area (Å²) in [4.78, 5) is 5.81. The summed E-state index contributed by atoms with van der Waals surface area (Å²) in [6.07, 6.45) is 2.62. The zero-order chi connectivity index (χ0) is 12.1. The monoisotopic (exact) mass is 241 g/mol. The van der Waals surface area contributed by atoms with E-state index in [4.69, 9.17) is 0 Å². The van der Waals surface area contributed by atoms with Crippen LogP contribution < -0.4 is 5.32 Å². The fraction of sp³-hybridized carbons (Fsp3) is 0.583. The second-order valence-electron chi connectivity index (χ2n) is 4.29. The van der Waals surface area contributed by atoms with Gasteiger partial charge in [0.25, 0.3) is 5.92 Å². The van der Waals surface area contributed by atoms with Crippen LogP contribution in [0.1, 0.15) is 12.0 Å². The number of hydrogen-bond acceptors (Lipinski definition) is 3. The third kappa shape index (κ3) is 3.44. The van der Waals surface area contributed by atoms with Crippen LogP contribution in [0.2, 0.25) is 0 Å². The SMILES string of the molecule is FC(F)(CCN1CCNCC1)c1cccnc1. The van der Waals surface area contributed by atoms with Crippen molar-refractivity contribution in [3.8, 4) is 0 Å². The Morgan fingerprint density at radius 1 is 1.35 bits per heavy atom. The Labute approximate surface area is 99.8 Å². The van der Waals surface area contributed by atoms with Gasteiger partial charge in [-0.05, 0) is 12.1 Å². The van der Waals surface area contributed by atoms with E-state index in [0.717, 1.165) is 26.2 Å². The maximum atomic E-state index is 13.8. The highest BCUT2D eigenvalue weighted by Gasteiger charge is 2.32. The molecular formula is C12H17F2N3. The summed E-state index contributed by atoms with van der Waals surface area (Å²) in [6.45, 7) is 3.91. The third-order valence-electron chi connectivity index (χ3n) is 3.04. The number of nitrogens with zero attached hydrogens (tertiary/aromatic N) is 2. The molecule has 1 saturated heterocycles. The Morgan fingerprint density at radius 2 is 2.12 bits per heavy atom. The number of alkyl halides is 2. The fourth-order valence-corrected chi connectivity index (χ4v) is 1.96. The first-order valence-electron chi connectivity index (χ1n) is 5.90. The quantitative estimate of drug-likeness (QED) is 0.865. The van der Waals surface area contributed by atoms with Gasteiger partial charge in [0.2, 0.25) is 0 Å². The minimum Gasteiger partial charge on any atom is -0.314 e. The first-order chi connectivity index (χ1) is 8.18. The Morgan fingerprint density at radius 3 is 2.76 bits per heavy atom. The number of rotatable bonds is 4. The highest BCUT2D eigenvalue weighted by molar-refractivity contribution is 5.14. The van der Waals surface area contributed by atoms with Gasteiger partial charge < -0.3 is 10.2 Å². The minimum absolute atomic E-state index is 0.00938. The molecule has 0 saturated carbocycles. The summed E-state index contributed by atoms with van der Waals surface area (Å²) >= 11 is 0. The van der Waals surface area contributed by atoms with Crippen LogP contribution in [0.5, 0.6) is 0 Å². The molecule has 94 valence electrons. The summed E-state index contributed by atoms with van der Waals surface area (Å²) in [5, 5.41) is 3.20. The fourth-order valence-electron chi connectivity index (χ4n) is 1.96. The lowest BCUT2D eigenvalue weighted by atomic mass is 10.1. The number of hydrogen-bond donors (Lipinski definition) is 1. The molecule has 1 aliphatic heterocycles. The lowest BCUT2D eigenvalue weighted by molar-refractivity contribution is -0.0229. The van der Waals surface area contributed by atoms with Crippen LogP contribution in [0.25, 0.3) is 0 Å². The molecule has 17 heavy (non-hydrogen) atoms. The van der Waals surface area contributed by atoms with Crippen molar-refractivity contribution in [2.45, 2.75) is 12.3 Å². The van der Waals surface area contributed by atoms with Gasteiger partial charge in [-0.15, -0.1) is 0 Å². The van der Waals surface area contributed by atoms with Crippen molar-refractivity contribution in [2.24, 2.45) is 0 Å². The molecule has 3 nitrogen and oxygen atoms in total. The second-order valence-corrected chi connectivity index (χ2v) is 4.29. The smallest absolute Gasteiger partial charge is 0.275 e. The van der Waals surface area contributed by atoms with E-state index < -0.39 is 5.92 Å². The number of halogens is 2. The van der Waals surface area contributed by atoms with Gasteiger partial charge in [-0.3, -0.25) is 4.98 Å². The minimum atomic E-state index is -2.78. The van der Waals surface area contributed by atoms with Gasteiger partial charge in [-0.2, -0.15) is 0 Å². The van der Waals surface area contributed by atoms with Crippen molar-refractivity contribution in [3.63, 3.8) is 0 Å². The Kier molecular flexibility index (Phi) is 4.02. The molecule has 0 bridgehead atoms. The predicted molar refractivity (Wildman–Crippen MR) is 62.1 cm³/mol. The molecule has 5 heteroatoms.